The molecule has 3 unspecified atom stereocenters. The van der Waals surface area contributed by atoms with Crippen molar-refractivity contribution in [1.29, 1.82) is 0 Å². The van der Waals surface area contributed by atoms with Crippen LogP contribution in [0.2, 0.25) is 0 Å². The average Bonchev–Trinajstić information content (AvgIpc) is 2.45. The maximum atomic E-state index is 12.1. The monoisotopic (exact) mass is 291 g/mol. The molecule has 1 aromatic rings. The van der Waals surface area contributed by atoms with E-state index in [0.29, 0.717) is 5.69 Å². The van der Waals surface area contributed by atoms with Gasteiger partial charge in [0.05, 0.1) is 12.1 Å². The van der Waals surface area contributed by atoms with Crippen LogP contribution in [0.5, 0.6) is 0 Å². The number of amides is 2. The van der Waals surface area contributed by atoms with Gasteiger partial charge in [0.15, 0.2) is 0 Å². The van der Waals surface area contributed by atoms with E-state index in [1.54, 1.807) is 0 Å². The highest BCUT2D eigenvalue weighted by Gasteiger charge is 2.21. The van der Waals surface area contributed by atoms with Crippen molar-refractivity contribution in [2.24, 2.45) is 11.7 Å². The molecule has 0 spiro atoms. The molecule has 0 aromatic heterocycles. The second-order valence-corrected chi connectivity index (χ2v) is 5.45. The zero-order valence-electron chi connectivity index (χ0n) is 13.1. The second-order valence-electron chi connectivity index (χ2n) is 5.45. The molecule has 21 heavy (non-hydrogen) atoms. The number of hydrogen-bond donors (Lipinski definition) is 3. The molecular formula is C16H25N3O2. The van der Waals surface area contributed by atoms with Crippen LogP contribution in [0, 0.1) is 5.92 Å². The van der Waals surface area contributed by atoms with Gasteiger partial charge in [-0.25, -0.2) is 0 Å². The number of nitrogens with one attached hydrogen (secondary N) is 2. The van der Waals surface area contributed by atoms with Crippen molar-refractivity contribution in [3.05, 3.63) is 29.8 Å². The third-order valence-corrected chi connectivity index (χ3v) is 3.63. The first kappa shape index (κ1) is 17.2. The van der Waals surface area contributed by atoms with Crippen molar-refractivity contribution >= 4 is 17.5 Å². The topological polar surface area (TPSA) is 84.2 Å². The molecule has 1 aromatic carbocycles. The Balaban J connectivity index is 2.73. The fourth-order valence-corrected chi connectivity index (χ4v) is 1.99. The van der Waals surface area contributed by atoms with Crippen LogP contribution < -0.4 is 16.4 Å². The van der Waals surface area contributed by atoms with Crippen molar-refractivity contribution in [3.63, 3.8) is 0 Å². The van der Waals surface area contributed by atoms with Gasteiger partial charge in [-0.05, 0) is 30.5 Å². The highest BCUT2D eigenvalue weighted by atomic mass is 16.2. The molecule has 1 rings (SSSR count). The van der Waals surface area contributed by atoms with Crippen LogP contribution in [-0.4, -0.2) is 17.9 Å². The van der Waals surface area contributed by atoms with E-state index in [0.717, 1.165) is 12.0 Å². The van der Waals surface area contributed by atoms with Crippen LogP contribution >= 0.6 is 0 Å². The first-order valence-corrected chi connectivity index (χ1v) is 7.28. The predicted octanol–water partition coefficient (Wildman–Crippen LogP) is 2.20. The van der Waals surface area contributed by atoms with Gasteiger partial charge in [-0.1, -0.05) is 32.4 Å². The van der Waals surface area contributed by atoms with Crippen LogP contribution in [-0.2, 0) is 9.59 Å². The third-order valence-electron chi connectivity index (χ3n) is 3.63. The molecule has 5 nitrogen and oxygen atoms in total. The molecule has 5 heteroatoms. The van der Waals surface area contributed by atoms with E-state index in [1.165, 1.54) is 6.92 Å². The Morgan fingerprint density at radius 2 is 1.95 bits per heavy atom. The van der Waals surface area contributed by atoms with Crippen molar-refractivity contribution in [2.75, 3.05) is 5.32 Å². The SMILES string of the molecule is CCC(C)C(N)C(=O)NC(C)c1cccc(NC(C)=O)c1. The van der Waals surface area contributed by atoms with E-state index >= 15 is 0 Å². The summed E-state index contributed by atoms with van der Waals surface area (Å²) in [6.07, 6.45) is 0.862. The molecule has 3 atom stereocenters. The molecule has 4 N–H and O–H groups in total. The number of nitrogens with two attached hydrogens (primary N) is 1. The minimum absolute atomic E-state index is 0.123. The smallest absolute Gasteiger partial charge is 0.237 e. The number of carbonyl (C=O) groups excluding carboxylic acids is 2. The van der Waals surface area contributed by atoms with Crippen molar-refractivity contribution in [3.8, 4) is 0 Å². The van der Waals surface area contributed by atoms with Crippen molar-refractivity contribution < 1.29 is 9.59 Å². The molecule has 0 saturated carbocycles. The van der Waals surface area contributed by atoms with E-state index in [1.807, 2.05) is 45.0 Å². The maximum absolute atomic E-state index is 12.1. The number of carbonyl (C=O) groups is 2. The summed E-state index contributed by atoms with van der Waals surface area (Å²) in [6.45, 7) is 7.33. The van der Waals surface area contributed by atoms with Crippen LogP contribution in [0.3, 0.4) is 0 Å². The lowest BCUT2D eigenvalue weighted by Gasteiger charge is -2.21. The van der Waals surface area contributed by atoms with E-state index < -0.39 is 6.04 Å². The fourth-order valence-electron chi connectivity index (χ4n) is 1.99. The zero-order valence-corrected chi connectivity index (χ0v) is 13.1. The summed E-state index contributed by atoms with van der Waals surface area (Å²) >= 11 is 0. The van der Waals surface area contributed by atoms with Gasteiger partial charge in [-0.15, -0.1) is 0 Å². The number of rotatable bonds is 6. The number of anilines is 1. The summed E-state index contributed by atoms with van der Waals surface area (Å²) in [5, 5.41) is 5.64. The Morgan fingerprint density at radius 1 is 1.29 bits per heavy atom. The Hall–Kier alpha value is -1.88. The normalized spacial score (nSPS) is 14.9. The van der Waals surface area contributed by atoms with Gasteiger partial charge in [-0.2, -0.15) is 0 Å². The molecule has 2 amide bonds. The zero-order chi connectivity index (χ0) is 16.0. The van der Waals surface area contributed by atoms with Gasteiger partial charge in [0.25, 0.3) is 0 Å². The van der Waals surface area contributed by atoms with Gasteiger partial charge in [-0.3, -0.25) is 9.59 Å². The van der Waals surface area contributed by atoms with Crippen LogP contribution in [0.1, 0.15) is 45.7 Å². The Labute approximate surface area is 126 Å². The molecular weight excluding hydrogens is 266 g/mol. The summed E-state index contributed by atoms with van der Waals surface area (Å²) in [6, 6.07) is 6.74. The van der Waals surface area contributed by atoms with E-state index in [-0.39, 0.29) is 23.8 Å². The summed E-state index contributed by atoms with van der Waals surface area (Å²) < 4.78 is 0. The first-order valence-electron chi connectivity index (χ1n) is 7.28. The van der Waals surface area contributed by atoms with Gasteiger partial charge in [0.2, 0.25) is 11.8 Å². The summed E-state index contributed by atoms with van der Waals surface area (Å²) in [5.41, 5.74) is 7.56. The van der Waals surface area contributed by atoms with E-state index in [9.17, 15) is 9.59 Å². The largest absolute Gasteiger partial charge is 0.348 e. The maximum Gasteiger partial charge on any atom is 0.237 e. The number of hydrogen-bond acceptors (Lipinski definition) is 3. The average molecular weight is 291 g/mol. The molecule has 0 aliphatic rings. The molecule has 0 aliphatic carbocycles. The fraction of sp³-hybridized carbons (Fsp3) is 0.500. The molecule has 0 heterocycles. The van der Waals surface area contributed by atoms with Crippen LogP contribution in [0.25, 0.3) is 0 Å². The number of benzene rings is 1. The molecule has 0 bridgehead atoms. The molecule has 0 aliphatic heterocycles. The summed E-state index contributed by atoms with van der Waals surface area (Å²) in [7, 11) is 0. The predicted molar refractivity (Wildman–Crippen MR) is 84.7 cm³/mol. The van der Waals surface area contributed by atoms with Crippen molar-refractivity contribution in [1.82, 2.24) is 5.32 Å². The Morgan fingerprint density at radius 3 is 2.52 bits per heavy atom. The first-order chi connectivity index (χ1) is 9.85. The van der Waals surface area contributed by atoms with Gasteiger partial charge in [0, 0.05) is 12.6 Å². The molecule has 0 radical (unpaired) electrons. The van der Waals surface area contributed by atoms with E-state index in [2.05, 4.69) is 10.6 Å². The molecule has 0 fully saturated rings. The Kier molecular flexibility index (Phi) is 6.37. The van der Waals surface area contributed by atoms with Crippen molar-refractivity contribution in [2.45, 2.75) is 46.2 Å². The summed E-state index contributed by atoms with van der Waals surface area (Å²) in [5.74, 6) is -0.132. The van der Waals surface area contributed by atoms with Crippen LogP contribution in [0.15, 0.2) is 24.3 Å². The summed E-state index contributed by atoms with van der Waals surface area (Å²) in [4.78, 5) is 23.2. The molecule has 116 valence electrons. The van der Waals surface area contributed by atoms with Crippen LogP contribution in [0.4, 0.5) is 5.69 Å². The van der Waals surface area contributed by atoms with Gasteiger partial charge in [0.1, 0.15) is 0 Å². The lowest BCUT2D eigenvalue weighted by atomic mass is 9.98. The van der Waals surface area contributed by atoms with Gasteiger partial charge < -0.3 is 16.4 Å². The highest BCUT2D eigenvalue weighted by Crippen LogP contribution is 2.18. The quantitative estimate of drug-likeness (QED) is 0.751. The Bertz CT molecular complexity index is 502. The third kappa shape index (κ3) is 5.19. The molecule has 0 saturated heterocycles. The minimum atomic E-state index is -0.504. The standard InChI is InChI=1S/C16H25N3O2/c1-5-10(2)15(17)16(21)18-11(3)13-7-6-8-14(9-13)19-12(4)20/h6-11,15H,5,17H2,1-4H3,(H,18,21)(H,19,20). The minimum Gasteiger partial charge on any atom is -0.348 e. The van der Waals surface area contributed by atoms with Gasteiger partial charge >= 0.3 is 0 Å². The second kappa shape index (κ2) is 7.78. The highest BCUT2D eigenvalue weighted by molar-refractivity contribution is 5.88. The lowest BCUT2D eigenvalue weighted by Crippen LogP contribution is -2.45. The lowest BCUT2D eigenvalue weighted by molar-refractivity contribution is -0.124. The van der Waals surface area contributed by atoms with E-state index in [4.69, 9.17) is 5.73 Å².